The Balaban J connectivity index is 1.81. The Morgan fingerprint density at radius 3 is 2.18 bits per heavy atom. The zero-order valence-corrected chi connectivity index (χ0v) is 16.5. The maximum Gasteiger partial charge on any atom is 0.251 e. The predicted molar refractivity (Wildman–Crippen MR) is 110 cm³/mol. The molecule has 0 bridgehead atoms. The standard InChI is InChI=1S/C20H26N4O4/c1-21-20(24-15-7-10-17(27-3)18(13-15)28-4)23-12-11-22-19(25)14-5-8-16(26-2)9-6-14/h5-10,13H,11-12H2,1-4H3,(H,22,25)(H2,21,23,24). The minimum atomic E-state index is -0.146. The molecule has 0 radical (unpaired) electrons. The van der Waals surface area contributed by atoms with Crippen LogP contribution >= 0.6 is 0 Å². The maximum absolute atomic E-state index is 12.1. The van der Waals surface area contributed by atoms with Gasteiger partial charge in [-0.3, -0.25) is 9.79 Å². The van der Waals surface area contributed by atoms with Crippen LogP contribution in [0.15, 0.2) is 47.5 Å². The van der Waals surface area contributed by atoms with Crippen molar-refractivity contribution in [2.45, 2.75) is 0 Å². The van der Waals surface area contributed by atoms with E-state index >= 15 is 0 Å². The van der Waals surface area contributed by atoms with Gasteiger partial charge < -0.3 is 30.2 Å². The lowest BCUT2D eigenvalue weighted by Crippen LogP contribution is -2.37. The van der Waals surface area contributed by atoms with E-state index in [1.54, 1.807) is 52.6 Å². The maximum atomic E-state index is 12.1. The first-order valence-corrected chi connectivity index (χ1v) is 8.73. The second-order valence-electron chi connectivity index (χ2n) is 5.68. The average Bonchev–Trinajstić information content (AvgIpc) is 2.75. The first-order chi connectivity index (χ1) is 13.6. The van der Waals surface area contributed by atoms with Gasteiger partial charge in [-0.15, -0.1) is 0 Å². The molecule has 8 nitrogen and oxygen atoms in total. The van der Waals surface area contributed by atoms with Gasteiger partial charge in [0.25, 0.3) is 5.91 Å². The molecule has 150 valence electrons. The van der Waals surface area contributed by atoms with Crippen molar-refractivity contribution in [2.24, 2.45) is 4.99 Å². The smallest absolute Gasteiger partial charge is 0.251 e. The minimum absolute atomic E-state index is 0.146. The second kappa shape index (κ2) is 10.7. The van der Waals surface area contributed by atoms with Gasteiger partial charge in [-0.2, -0.15) is 0 Å². The SMILES string of the molecule is CN=C(NCCNC(=O)c1ccc(OC)cc1)Nc1ccc(OC)c(OC)c1. The van der Waals surface area contributed by atoms with E-state index in [4.69, 9.17) is 14.2 Å². The number of aliphatic imine (C=N–C) groups is 1. The second-order valence-corrected chi connectivity index (χ2v) is 5.68. The summed E-state index contributed by atoms with van der Waals surface area (Å²) in [4.78, 5) is 16.3. The molecule has 0 aliphatic heterocycles. The van der Waals surface area contributed by atoms with Crippen molar-refractivity contribution in [3.05, 3.63) is 48.0 Å². The van der Waals surface area contributed by atoms with E-state index in [1.807, 2.05) is 18.2 Å². The van der Waals surface area contributed by atoms with Crippen LogP contribution in [-0.2, 0) is 0 Å². The molecular weight excluding hydrogens is 360 g/mol. The number of guanidine groups is 1. The highest BCUT2D eigenvalue weighted by molar-refractivity contribution is 5.95. The molecule has 2 aromatic carbocycles. The van der Waals surface area contributed by atoms with Gasteiger partial charge >= 0.3 is 0 Å². The third kappa shape index (κ3) is 5.80. The molecule has 0 saturated carbocycles. The number of ether oxygens (including phenoxy) is 3. The Hall–Kier alpha value is -3.42. The fraction of sp³-hybridized carbons (Fsp3) is 0.300. The zero-order valence-electron chi connectivity index (χ0n) is 16.5. The molecule has 0 heterocycles. The molecule has 3 N–H and O–H groups in total. The van der Waals surface area contributed by atoms with Gasteiger partial charge in [-0.1, -0.05) is 0 Å². The largest absolute Gasteiger partial charge is 0.497 e. The highest BCUT2D eigenvalue weighted by atomic mass is 16.5. The number of hydrogen-bond donors (Lipinski definition) is 3. The number of amides is 1. The monoisotopic (exact) mass is 386 g/mol. The summed E-state index contributed by atoms with van der Waals surface area (Å²) in [6.07, 6.45) is 0. The Morgan fingerprint density at radius 2 is 1.57 bits per heavy atom. The van der Waals surface area contributed by atoms with Gasteiger partial charge in [-0.05, 0) is 36.4 Å². The van der Waals surface area contributed by atoms with Gasteiger partial charge in [0.1, 0.15) is 5.75 Å². The van der Waals surface area contributed by atoms with Crippen LogP contribution < -0.4 is 30.2 Å². The van der Waals surface area contributed by atoms with E-state index in [0.717, 1.165) is 5.69 Å². The number of anilines is 1. The van der Waals surface area contributed by atoms with E-state index in [0.29, 0.717) is 41.9 Å². The molecule has 0 atom stereocenters. The molecule has 0 aliphatic carbocycles. The topological polar surface area (TPSA) is 93.2 Å². The van der Waals surface area contributed by atoms with E-state index in [-0.39, 0.29) is 5.91 Å². The zero-order chi connectivity index (χ0) is 20.4. The van der Waals surface area contributed by atoms with Crippen LogP contribution in [0.3, 0.4) is 0 Å². The highest BCUT2D eigenvalue weighted by Gasteiger charge is 2.07. The fourth-order valence-electron chi connectivity index (χ4n) is 2.43. The van der Waals surface area contributed by atoms with Crippen molar-refractivity contribution in [3.8, 4) is 17.2 Å². The number of rotatable bonds is 8. The molecule has 28 heavy (non-hydrogen) atoms. The summed E-state index contributed by atoms with van der Waals surface area (Å²) in [5.74, 6) is 2.41. The van der Waals surface area contributed by atoms with Gasteiger partial charge in [0.15, 0.2) is 17.5 Å². The van der Waals surface area contributed by atoms with Crippen LogP contribution in [0.2, 0.25) is 0 Å². The quantitative estimate of drug-likeness (QED) is 0.366. The summed E-state index contributed by atoms with van der Waals surface area (Å²) in [5, 5.41) is 9.16. The fourth-order valence-corrected chi connectivity index (χ4v) is 2.43. The third-order valence-corrected chi connectivity index (χ3v) is 3.93. The van der Waals surface area contributed by atoms with Crippen LogP contribution in [0.1, 0.15) is 10.4 Å². The van der Waals surface area contributed by atoms with Crippen LogP contribution in [-0.4, -0.2) is 53.3 Å². The number of nitrogens with one attached hydrogen (secondary N) is 3. The van der Waals surface area contributed by atoms with Crippen molar-refractivity contribution in [2.75, 3.05) is 46.8 Å². The summed E-state index contributed by atoms with van der Waals surface area (Å²) < 4.78 is 15.6. The first-order valence-electron chi connectivity index (χ1n) is 8.73. The van der Waals surface area contributed by atoms with Crippen molar-refractivity contribution in [3.63, 3.8) is 0 Å². The van der Waals surface area contributed by atoms with Crippen LogP contribution in [0.4, 0.5) is 5.69 Å². The molecule has 0 aromatic heterocycles. The molecule has 2 aromatic rings. The third-order valence-electron chi connectivity index (χ3n) is 3.93. The number of carbonyl (C=O) groups excluding carboxylic acids is 1. The Labute approximate surface area is 164 Å². The molecule has 0 saturated heterocycles. The summed E-state index contributed by atoms with van der Waals surface area (Å²) in [6.45, 7) is 0.951. The number of carbonyl (C=O) groups is 1. The van der Waals surface area contributed by atoms with Gasteiger partial charge in [0.2, 0.25) is 0 Å². The molecule has 8 heteroatoms. The molecule has 0 aliphatic rings. The van der Waals surface area contributed by atoms with Crippen LogP contribution in [0.5, 0.6) is 17.2 Å². The molecule has 0 unspecified atom stereocenters. The van der Waals surface area contributed by atoms with Crippen molar-refractivity contribution >= 4 is 17.6 Å². The normalized spacial score (nSPS) is 10.8. The van der Waals surface area contributed by atoms with E-state index < -0.39 is 0 Å². The Bertz CT molecular complexity index is 806. The van der Waals surface area contributed by atoms with Gasteiger partial charge in [0, 0.05) is 37.5 Å². The van der Waals surface area contributed by atoms with E-state index in [9.17, 15) is 4.79 Å². The number of hydrogen-bond acceptors (Lipinski definition) is 5. The lowest BCUT2D eigenvalue weighted by Gasteiger charge is -2.14. The van der Waals surface area contributed by atoms with Crippen molar-refractivity contribution in [1.82, 2.24) is 10.6 Å². The molecule has 0 fully saturated rings. The lowest BCUT2D eigenvalue weighted by molar-refractivity contribution is 0.0954. The predicted octanol–water partition coefficient (Wildman–Crippen LogP) is 2.13. The Morgan fingerprint density at radius 1 is 0.893 bits per heavy atom. The first kappa shape index (κ1) is 20.9. The average molecular weight is 386 g/mol. The summed E-state index contributed by atoms with van der Waals surface area (Å²) in [5.41, 5.74) is 1.38. The van der Waals surface area contributed by atoms with Crippen molar-refractivity contribution < 1.29 is 19.0 Å². The van der Waals surface area contributed by atoms with Crippen molar-refractivity contribution in [1.29, 1.82) is 0 Å². The van der Waals surface area contributed by atoms with E-state index in [2.05, 4.69) is 20.9 Å². The lowest BCUT2D eigenvalue weighted by atomic mass is 10.2. The molecule has 0 spiro atoms. The summed E-state index contributed by atoms with van der Waals surface area (Å²) in [6, 6.07) is 12.4. The van der Waals surface area contributed by atoms with Gasteiger partial charge in [0.05, 0.1) is 21.3 Å². The van der Waals surface area contributed by atoms with Crippen LogP contribution in [0, 0.1) is 0 Å². The number of benzene rings is 2. The molecule has 2 rings (SSSR count). The molecular formula is C20H26N4O4. The van der Waals surface area contributed by atoms with Crippen LogP contribution in [0.25, 0.3) is 0 Å². The summed E-state index contributed by atoms with van der Waals surface area (Å²) >= 11 is 0. The Kier molecular flexibility index (Phi) is 7.95. The highest BCUT2D eigenvalue weighted by Crippen LogP contribution is 2.29. The summed E-state index contributed by atoms with van der Waals surface area (Å²) in [7, 11) is 6.43. The number of methoxy groups -OCH3 is 3. The minimum Gasteiger partial charge on any atom is -0.497 e. The van der Waals surface area contributed by atoms with Gasteiger partial charge in [-0.25, -0.2) is 0 Å². The molecule has 1 amide bonds. The number of nitrogens with zero attached hydrogens (tertiary/aromatic N) is 1. The van der Waals surface area contributed by atoms with E-state index in [1.165, 1.54) is 0 Å².